The number of nitrogens with zero attached hydrogens (tertiary/aromatic N) is 9. The molecule has 2 fully saturated rings. The third-order valence-corrected chi connectivity index (χ3v) is 14.6. The summed E-state index contributed by atoms with van der Waals surface area (Å²) in [6, 6.07) is 15.6. The van der Waals surface area contributed by atoms with Crippen LogP contribution in [-0.4, -0.2) is 61.5 Å². The van der Waals surface area contributed by atoms with Gasteiger partial charge in [-0.05, 0) is 125 Å². The third-order valence-electron chi connectivity index (χ3n) is 14.6. The molecule has 1 saturated carbocycles. The number of aromatic amines is 1. The number of ether oxygens (including phenoxy) is 1. The molecule has 0 unspecified atom stereocenters. The number of hydrogen-bond donors (Lipinski definition) is 1. The zero-order valence-corrected chi connectivity index (χ0v) is 38.3. The smallest absolute Gasteiger partial charge is 0.438 e. The first-order valence-electron chi connectivity index (χ1n) is 22.6. The van der Waals surface area contributed by atoms with E-state index in [-0.39, 0.29) is 45.9 Å². The van der Waals surface area contributed by atoms with E-state index in [1.807, 2.05) is 30.5 Å². The van der Waals surface area contributed by atoms with Gasteiger partial charge in [0, 0.05) is 48.6 Å². The number of amides is 1. The molecular weight excluding hydrogens is 875 g/mol. The van der Waals surface area contributed by atoms with Crippen LogP contribution in [-0.2, 0) is 17.3 Å². The summed E-state index contributed by atoms with van der Waals surface area (Å²) in [6.45, 7) is 12.0. The Hall–Kier alpha value is -7.60. The van der Waals surface area contributed by atoms with Crippen molar-refractivity contribution in [1.82, 2.24) is 43.4 Å². The molecule has 2 aliphatic heterocycles. The Balaban J connectivity index is 1.06. The maximum absolute atomic E-state index is 16.3. The molecule has 1 saturated heterocycles. The van der Waals surface area contributed by atoms with Gasteiger partial charge < -0.3 is 13.7 Å². The SMILES string of the molecule is Cc1cc(-n2nc3c(c2-n2ccn(-c4ccc5c(cnn5C)c4F)c2=O)[C@H](C)N(C(=O)c2cc4cc([C@H]5CCOC(C)(C)C5)ccc4n2[C@@]2(c4noc(=O)[nH]4)C[C@@H]2C)c2ccoc2-3)cc(C)c1F. The van der Waals surface area contributed by atoms with Gasteiger partial charge in [0.05, 0.1) is 52.1 Å². The number of halogens is 2. The van der Waals surface area contributed by atoms with E-state index in [1.54, 1.807) is 59.4 Å². The molecule has 0 radical (unpaired) electrons. The summed E-state index contributed by atoms with van der Waals surface area (Å²) >= 11 is 0. The molecule has 9 aromatic rings. The quantitative estimate of drug-likeness (QED) is 0.164. The van der Waals surface area contributed by atoms with Crippen LogP contribution in [0.2, 0.25) is 0 Å². The lowest BCUT2D eigenvalue weighted by Gasteiger charge is -2.35. The molecular formula is C50H46F2N10O6. The first-order valence-corrected chi connectivity index (χ1v) is 22.6. The fraction of sp³-hybridized carbons (Fsp3) is 0.320. The molecule has 0 spiro atoms. The first-order chi connectivity index (χ1) is 32.6. The van der Waals surface area contributed by atoms with Gasteiger partial charge in [-0.1, -0.05) is 18.1 Å². The van der Waals surface area contributed by atoms with Crippen LogP contribution >= 0.6 is 0 Å². The van der Waals surface area contributed by atoms with E-state index in [9.17, 15) is 9.59 Å². The van der Waals surface area contributed by atoms with Gasteiger partial charge in [-0.2, -0.15) is 10.2 Å². The van der Waals surface area contributed by atoms with Crippen molar-refractivity contribution < 1.29 is 27.3 Å². The Labute approximate surface area is 385 Å². The van der Waals surface area contributed by atoms with Crippen LogP contribution in [0.15, 0.2) is 98.0 Å². The topological polar surface area (TPSA) is 169 Å². The number of imidazole rings is 1. The number of fused-ring (bicyclic) bond motifs is 5. The zero-order valence-electron chi connectivity index (χ0n) is 38.3. The van der Waals surface area contributed by atoms with E-state index in [1.165, 1.54) is 40.1 Å². The molecule has 8 heterocycles. The molecule has 1 N–H and O–H groups in total. The average Bonchev–Trinajstić information content (AvgIpc) is 4.06. The highest BCUT2D eigenvalue weighted by Crippen LogP contribution is 2.57. The zero-order chi connectivity index (χ0) is 47.3. The van der Waals surface area contributed by atoms with Gasteiger partial charge in [0.15, 0.2) is 23.2 Å². The molecule has 3 aromatic carbocycles. The van der Waals surface area contributed by atoms with Crippen molar-refractivity contribution in [3.05, 3.63) is 146 Å². The van der Waals surface area contributed by atoms with E-state index in [2.05, 4.69) is 41.2 Å². The monoisotopic (exact) mass is 920 g/mol. The minimum absolute atomic E-state index is 0.00837. The number of aryl methyl sites for hydroxylation is 3. The van der Waals surface area contributed by atoms with Crippen LogP contribution in [0, 0.1) is 31.4 Å². The van der Waals surface area contributed by atoms with Gasteiger partial charge in [-0.25, -0.2) is 23.1 Å². The van der Waals surface area contributed by atoms with Crippen molar-refractivity contribution >= 4 is 33.4 Å². The summed E-state index contributed by atoms with van der Waals surface area (Å²) in [5.41, 5.74) is 3.34. The summed E-state index contributed by atoms with van der Waals surface area (Å²) in [5, 5.41) is 14.5. The van der Waals surface area contributed by atoms with Crippen molar-refractivity contribution in [3.63, 3.8) is 0 Å². The minimum atomic E-state index is -0.927. The average molecular weight is 921 g/mol. The molecule has 18 heteroatoms. The predicted molar refractivity (Wildman–Crippen MR) is 247 cm³/mol. The van der Waals surface area contributed by atoms with Crippen LogP contribution in [0.1, 0.15) is 97.5 Å². The fourth-order valence-electron chi connectivity index (χ4n) is 11.1. The van der Waals surface area contributed by atoms with Crippen LogP contribution in [0.4, 0.5) is 14.5 Å². The van der Waals surface area contributed by atoms with Crippen molar-refractivity contribution in [3.8, 4) is 28.6 Å². The van der Waals surface area contributed by atoms with Gasteiger partial charge in [-0.3, -0.25) is 33.0 Å². The van der Waals surface area contributed by atoms with Gasteiger partial charge in [0.1, 0.15) is 22.7 Å². The number of rotatable bonds is 7. The third kappa shape index (κ3) is 5.91. The molecule has 346 valence electrons. The largest absolute Gasteiger partial charge is 0.460 e. The Morgan fingerprint density at radius 3 is 2.38 bits per heavy atom. The Morgan fingerprint density at radius 2 is 1.66 bits per heavy atom. The van der Waals surface area contributed by atoms with Crippen LogP contribution in [0.5, 0.6) is 0 Å². The number of carbonyl (C=O) groups excluding carboxylic acids is 1. The molecule has 16 nitrogen and oxygen atoms in total. The molecule has 68 heavy (non-hydrogen) atoms. The first kappa shape index (κ1) is 41.8. The maximum atomic E-state index is 16.3. The van der Waals surface area contributed by atoms with Gasteiger partial charge in [0.25, 0.3) is 5.91 Å². The fourth-order valence-corrected chi connectivity index (χ4v) is 11.1. The van der Waals surface area contributed by atoms with Crippen molar-refractivity contribution in [2.24, 2.45) is 13.0 Å². The van der Waals surface area contributed by atoms with Crippen molar-refractivity contribution in [2.75, 3.05) is 11.5 Å². The minimum Gasteiger partial charge on any atom is -0.460 e. The normalized spacial score (nSPS) is 20.9. The maximum Gasteiger partial charge on any atom is 0.438 e. The van der Waals surface area contributed by atoms with Crippen molar-refractivity contribution in [1.29, 1.82) is 0 Å². The molecule has 6 aromatic heterocycles. The molecule has 0 bridgehead atoms. The standard InChI is InChI=1S/C50H46F2N10O6/c1-25-18-32(19-26(2)40(25)51)62-44(59-15-14-58(48(59)65)36-11-10-35-33(41(36)52)24-53-57(35)7)39-28(4)60(37-13-16-66-43(37)42(39)55-62)45(63)38-21-31-20-29(30-12-17-67-49(5,6)23-30)8-9-34(31)61(38)50(22-27(50)3)46-54-47(64)68-56-46/h8-11,13-16,18-21,24,27-28,30H,12,17,22-23H2,1-7H3,(H,54,56,64)/t27-,28-,30-,50-/m0/s1. The second kappa shape index (κ2) is 14.5. The lowest BCUT2D eigenvalue weighted by Crippen LogP contribution is -2.39. The molecule has 1 amide bonds. The van der Waals surface area contributed by atoms with Crippen LogP contribution in [0.3, 0.4) is 0 Å². The van der Waals surface area contributed by atoms with Crippen molar-refractivity contribution in [2.45, 2.75) is 83.9 Å². The van der Waals surface area contributed by atoms with E-state index >= 15 is 13.6 Å². The van der Waals surface area contributed by atoms with E-state index in [4.69, 9.17) is 18.8 Å². The van der Waals surface area contributed by atoms with Gasteiger partial charge in [0.2, 0.25) is 0 Å². The Morgan fingerprint density at radius 1 is 0.912 bits per heavy atom. The van der Waals surface area contributed by atoms with E-state index in [0.717, 1.165) is 29.3 Å². The number of H-pyrrole nitrogens is 1. The summed E-state index contributed by atoms with van der Waals surface area (Å²) < 4.78 is 56.5. The van der Waals surface area contributed by atoms with Gasteiger partial charge >= 0.3 is 11.4 Å². The lowest BCUT2D eigenvalue weighted by molar-refractivity contribution is -0.0592. The van der Waals surface area contributed by atoms with Crippen LogP contribution < -0.4 is 16.3 Å². The summed E-state index contributed by atoms with van der Waals surface area (Å²) in [4.78, 5) is 47.8. The number of nitrogens with one attached hydrogen (secondary N) is 1. The summed E-state index contributed by atoms with van der Waals surface area (Å²) in [7, 11) is 1.71. The number of aromatic nitrogens is 9. The number of furan rings is 1. The van der Waals surface area contributed by atoms with Crippen LogP contribution in [0.25, 0.3) is 50.5 Å². The second-order valence-electron chi connectivity index (χ2n) is 19.3. The highest BCUT2D eigenvalue weighted by atomic mass is 19.1. The summed E-state index contributed by atoms with van der Waals surface area (Å²) in [6.07, 6.45) is 8.14. The predicted octanol–water partition coefficient (Wildman–Crippen LogP) is 8.66. The number of benzene rings is 3. The number of carbonyl (C=O) groups is 1. The molecule has 3 aliphatic rings. The van der Waals surface area contributed by atoms with E-state index in [0.29, 0.717) is 63.8 Å². The highest BCUT2D eigenvalue weighted by molar-refractivity contribution is 6.11. The van der Waals surface area contributed by atoms with Gasteiger partial charge in [-0.15, -0.1) is 0 Å². The number of anilines is 1. The van der Waals surface area contributed by atoms with E-state index < -0.39 is 34.8 Å². The molecule has 1 aliphatic carbocycles. The molecule has 4 atom stereocenters. The Kier molecular flexibility index (Phi) is 8.88. The second-order valence-corrected chi connectivity index (χ2v) is 19.3. The highest BCUT2D eigenvalue weighted by Gasteiger charge is 2.59. The lowest BCUT2D eigenvalue weighted by atomic mass is 9.83. The Bertz CT molecular complexity index is 3680. The molecule has 12 rings (SSSR count). The summed E-state index contributed by atoms with van der Waals surface area (Å²) in [5.74, 6) is -1.11. The number of hydrogen-bond acceptors (Lipinski definition) is 9.